The number of aryl methyl sites for hydroxylation is 2. The van der Waals surface area contributed by atoms with Gasteiger partial charge in [0.15, 0.2) is 0 Å². The van der Waals surface area contributed by atoms with Crippen LogP contribution in [0.2, 0.25) is 0 Å². The van der Waals surface area contributed by atoms with Crippen molar-refractivity contribution in [1.82, 2.24) is 5.32 Å². The summed E-state index contributed by atoms with van der Waals surface area (Å²) < 4.78 is 5.24. The van der Waals surface area contributed by atoms with Gasteiger partial charge in [-0.1, -0.05) is 19.1 Å². The Morgan fingerprint density at radius 2 is 1.90 bits per heavy atom. The molecule has 0 saturated heterocycles. The molecule has 1 aromatic carbocycles. The predicted molar refractivity (Wildman–Crippen MR) is 86.9 cm³/mol. The van der Waals surface area contributed by atoms with Crippen molar-refractivity contribution in [3.63, 3.8) is 0 Å². The van der Waals surface area contributed by atoms with Crippen LogP contribution in [-0.2, 0) is 0 Å². The van der Waals surface area contributed by atoms with Gasteiger partial charge in [0.2, 0.25) is 0 Å². The maximum absolute atomic E-state index is 5.24. The summed E-state index contributed by atoms with van der Waals surface area (Å²) >= 11 is 1.88. The molecule has 2 nitrogen and oxygen atoms in total. The zero-order chi connectivity index (χ0) is 14.5. The highest BCUT2D eigenvalue weighted by atomic mass is 32.1. The van der Waals surface area contributed by atoms with E-state index in [0.29, 0.717) is 0 Å². The van der Waals surface area contributed by atoms with E-state index in [1.807, 2.05) is 23.5 Å². The standard InChI is InChI=1S/C17H23NOS/c1-5-10-18-17(16-11-12(2)13(3)20-16)14-6-8-15(19-4)9-7-14/h6-9,11,17-18H,5,10H2,1-4H3. The number of benzene rings is 1. The fourth-order valence-corrected chi connectivity index (χ4v) is 3.36. The molecule has 1 heterocycles. The molecule has 0 radical (unpaired) electrons. The molecule has 1 unspecified atom stereocenters. The molecule has 0 saturated carbocycles. The molecule has 1 aromatic heterocycles. The predicted octanol–water partition coefficient (Wildman–Crippen LogP) is 4.46. The summed E-state index contributed by atoms with van der Waals surface area (Å²) in [6, 6.07) is 10.9. The Morgan fingerprint density at radius 3 is 2.40 bits per heavy atom. The Balaban J connectivity index is 2.30. The molecule has 1 atom stereocenters. The average molecular weight is 289 g/mol. The van der Waals surface area contributed by atoms with Crippen molar-refractivity contribution >= 4 is 11.3 Å². The fraction of sp³-hybridized carbons (Fsp3) is 0.412. The third-order valence-electron chi connectivity index (χ3n) is 3.52. The second-order valence-electron chi connectivity index (χ2n) is 5.05. The molecule has 2 aromatic rings. The van der Waals surface area contributed by atoms with E-state index < -0.39 is 0 Å². The largest absolute Gasteiger partial charge is 0.497 e. The molecular weight excluding hydrogens is 266 g/mol. The summed E-state index contributed by atoms with van der Waals surface area (Å²) in [5.41, 5.74) is 2.67. The summed E-state index contributed by atoms with van der Waals surface area (Å²) in [6.07, 6.45) is 1.13. The lowest BCUT2D eigenvalue weighted by atomic mass is 10.0. The zero-order valence-electron chi connectivity index (χ0n) is 12.7. The molecular formula is C17H23NOS. The molecule has 0 aliphatic carbocycles. The minimum absolute atomic E-state index is 0.276. The molecule has 108 valence electrons. The summed E-state index contributed by atoms with van der Waals surface area (Å²) in [7, 11) is 1.70. The SMILES string of the molecule is CCCNC(c1ccc(OC)cc1)c1cc(C)c(C)s1. The van der Waals surface area contributed by atoms with Gasteiger partial charge < -0.3 is 10.1 Å². The molecule has 20 heavy (non-hydrogen) atoms. The van der Waals surface area contributed by atoms with Crippen LogP contribution in [0.4, 0.5) is 0 Å². The van der Waals surface area contributed by atoms with Gasteiger partial charge in [0, 0.05) is 9.75 Å². The maximum atomic E-state index is 5.24. The Labute approximate surface area is 125 Å². The maximum Gasteiger partial charge on any atom is 0.118 e. The molecule has 0 amide bonds. The smallest absolute Gasteiger partial charge is 0.118 e. The first kappa shape index (κ1) is 15.1. The van der Waals surface area contributed by atoms with Crippen LogP contribution < -0.4 is 10.1 Å². The average Bonchev–Trinajstić information content (AvgIpc) is 2.79. The number of rotatable bonds is 6. The highest BCUT2D eigenvalue weighted by molar-refractivity contribution is 7.12. The second-order valence-corrected chi connectivity index (χ2v) is 6.34. The van der Waals surface area contributed by atoms with Crippen LogP contribution in [0.5, 0.6) is 5.75 Å². The van der Waals surface area contributed by atoms with Crippen molar-refractivity contribution in [2.75, 3.05) is 13.7 Å². The normalized spacial score (nSPS) is 12.4. The third kappa shape index (κ3) is 3.41. The van der Waals surface area contributed by atoms with Crippen LogP contribution in [0.25, 0.3) is 0 Å². The molecule has 0 fully saturated rings. The van der Waals surface area contributed by atoms with Crippen LogP contribution in [0.1, 0.15) is 40.3 Å². The van der Waals surface area contributed by atoms with Crippen molar-refractivity contribution in [2.24, 2.45) is 0 Å². The molecule has 0 spiro atoms. The topological polar surface area (TPSA) is 21.3 Å². The number of ether oxygens (including phenoxy) is 1. The monoisotopic (exact) mass is 289 g/mol. The molecule has 0 aliphatic heterocycles. The first-order valence-electron chi connectivity index (χ1n) is 7.10. The number of hydrogen-bond donors (Lipinski definition) is 1. The van der Waals surface area contributed by atoms with Gasteiger partial charge in [-0.05, 0) is 56.1 Å². The lowest BCUT2D eigenvalue weighted by molar-refractivity contribution is 0.414. The van der Waals surface area contributed by atoms with E-state index in [4.69, 9.17) is 4.74 Å². The van der Waals surface area contributed by atoms with Crippen LogP contribution in [0.15, 0.2) is 30.3 Å². The van der Waals surface area contributed by atoms with E-state index in [2.05, 4.69) is 44.3 Å². The minimum Gasteiger partial charge on any atom is -0.497 e. The zero-order valence-corrected chi connectivity index (χ0v) is 13.5. The minimum atomic E-state index is 0.276. The Hall–Kier alpha value is -1.32. The van der Waals surface area contributed by atoms with Crippen molar-refractivity contribution in [1.29, 1.82) is 0 Å². The molecule has 2 rings (SSSR count). The van der Waals surface area contributed by atoms with Crippen LogP contribution in [-0.4, -0.2) is 13.7 Å². The van der Waals surface area contributed by atoms with E-state index in [-0.39, 0.29) is 6.04 Å². The van der Waals surface area contributed by atoms with Crippen LogP contribution in [0, 0.1) is 13.8 Å². The number of nitrogens with one attached hydrogen (secondary N) is 1. The lowest BCUT2D eigenvalue weighted by Crippen LogP contribution is -2.22. The van der Waals surface area contributed by atoms with Gasteiger partial charge >= 0.3 is 0 Å². The van der Waals surface area contributed by atoms with Gasteiger partial charge in [-0.25, -0.2) is 0 Å². The number of thiophene rings is 1. The fourth-order valence-electron chi connectivity index (χ4n) is 2.21. The van der Waals surface area contributed by atoms with Gasteiger partial charge in [0.25, 0.3) is 0 Å². The van der Waals surface area contributed by atoms with Crippen molar-refractivity contribution in [3.05, 3.63) is 51.2 Å². The third-order valence-corrected chi connectivity index (χ3v) is 4.73. The Morgan fingerprint density at radius 1 is 1.20 bits per heavy atom. The Bertz CT molecular complexity index is 525. The second kappa shape index (κ2) is 6.91. The number of hydrogen-bond acceptors (Lipinski definition) is 3. The summed E-state index contributed by atoms with van der Waals surface area (Å²) in [5, 5.41) is 3.65. The molecule has 1 N–H and O–H groups in total. The van der Waals surface area contributed by atoms with E-state index in [0.717, 1.165) is 18.7 Å². The van der Waals surface area contributed by atoms with Gasteiger partial charge in [-0.3, -0.25) is 0 Å². The summed E-state index contributed by atoms with van der Waals surface area (Å²) in [4.78, 5) is 2.79. The van der Waals surface area contributed by atoms with Gasteiger partial charge in [0.1, 0.15) is 5.75 Å². The molecule has 0 aliphatic rings. The highest BCUT2D eigenvalue weighted by Gasteiger charge is 2.16. The highest BCUT2D eigenvalue weighted by Crippen LogP contribution is 2.31. The van der Waals surface area contributed by atoms with Gasteiger partial charge in [0.05, 0.1) is 13.2 Å². The van der Waals surface area contributed by atoms with Crippen molar-refractivity contribution in [2.45, 2.75) is 33.2 Å². The lowest BCUT2D eigenvalue weighted by Gasteiger charge is -2.18. The van der Waals surface area contributed by atoms with Crippen molar-refractivity contribution in [3.8, 4) is 5.75 Å². The van der Waals surface area contributed by atoms with Gasteiger partial charge in [-0.2, -0.15) is 0 Å². The van der Waals surface area contributed by atoms with E-state index in [1.54, 1.807) is 7.11 Å². The number of methoxy groups -OCH3 is 1. The van der Waals surface area contributed by atoms with Gasteiger partial charge in [-0.15, -0.1) is 11.3 Å². The van der Waals surface area contributed by atoms with Crippen molar-refractivity contribution < 1.29 is 4.74 Å². The van der Waals surface area contributed by atoms with E-state index >= 15 is 0 Å². The van der Waals surface area contributed by atoms with Crippen LogP contribution >= 0.6 is 11.3 Å². The first-order valence-corrected chi connectivity index (χ1v) is 7.91. The summed E-state index contributed by atoms with van der Waals surface area (Å²) in [6.45, 7) is 7.59. The first-order chi connectivity index (χ1) is 9.65. The Kier molecular flexibility index (Phi) is 5.21. The molecule has 3 heteroatoms. The quantitative estimate of drug-likeness (QED) is 0.847. The van der Waals surface area contributed by atoms with E-state index in [1.165, 1.54) is 20.9 Å². The van der Waals surface area contributed by atoms with E-state index in [9.17, 15) is 0 Å². The molecule has 0 bridgehead atoms. The summed E-state index contributed by atoms with van der Waals surface area (Å²) in [5.74, 6) is 0.904. The van der Waals surface area contributed by atoms with Crippen LogP contribution in [0.3, 0.4) is 0 Å².